The fraction of sp³-hybridized carbons (Fsp3) is 0.310. The van der Waals surface area contributed by atoms with Gasteiger partial charge in [-0.05, 0) is 65.7 Å². The van der Waals surface area contributed by atoms with Crippen molar-refractivity contribution in [3.63, 3.8) is 0 Å². The normalized spacial score (nSPS) is 23.8. The van der Waals surface area contributed by atoms with Crippen LogP contribution in [0.2, 0.25) is 0 Å². The number of aromatic nitrogens is 4. The molecule has 4 aromatic rings. The van der Waals surface area contributed by atoms with Crippen molar-refractivity contribution in [2.75, 3.05) is 0 Å². The molecule has 35 heavy (non-hydrogen) atoms. The molecule has 2 N–H and O–H groups in total. The zero-order valence-corrected chi connectivity index (χ0v) is 20.5. The number of benzene rings is 1. The molecular weight excluding hydrogens is 432 g/mol. The summed E-state index contributed by atoms with van der Waals surface area (Å²) in [5.41, 5.74) is 15.2. The van der Waals surface area contributed by atoms with Crippen LogP contribution in [0.3, 0.4) is 0 Å². The van der Waals surface area contributed by atoms with Gasteiger partial charge in [-0.3, -0.25) is 4.98 Å². The van der Waals surface area contributed by atoms with Crippen molar-refractivity contribution < 1.29 is 0 Å². The monoisotopic (exact) mass is 462 g/mol. The Bertz CT molecular complexity index is 1470. The van der Waals surface area contributed by atoms with Crippen molar-refractivity contribution in [3.05, 3.63) is 89.0 Å². The summed E-state index contributed by atoms with van der Waals surface area (Å²) >= 11 is 0. The van der Waals surface area contributed by atoms with Gasteiger partial charge in [-0.15, -0.1) is 0 Å². The van der Waals surface area contributed by atoms with Gasteiger partial charge in [-0.1, -0.05) is 44.5 Å². The third-order valence-corrected chi connectivity index (χ3v) is 7.72. The number of aliphatic imine (C=N–C) groups is 1. The summed E-state index contributed by atoms with van der Waals surface area (Å²) in [7, 11) is 0. The number of hydrogen-bond acceptors (Lipinski definition) is 5. The van der Waals surface area contributed by atoms with Crippen molar-refractivity contribution >= 4 is 28.8 Å². The Balaban J connectivity index is 1.43. The number of fused-ring (bicyclic) bond motifs is 3. The zero-order valence-electron chi connectivity index (χ0n) is 20.5. The molecule has 0 unspecified atom stereocenters. The van der Waals surface area contributed by atoms with E-state index < -0.39 is 0 Å². The fourth-order valence-electron chi connectivity index (χ4n) is 5.69. The average molecular weight is 463 g/mol. The summed E-state index contributed by atoms with van der Waals surface area (Å²) in [5, 5.41) is 4.67. The van der Waals surface area contributed by atoms with E-state index in [4.69, 9.17) is 10.7 Å². The van der Waals surface area contributed by atoms with E-state index in [-0.39, 0.29) is 5.54 Å². The lowest BCUT2D eigenvalue weighted by Gasteiger charge is -2.53. The number of rotatable bonds is 4. The van der Waals surface area contributed by atoms with Crippen LogP contribution in [0.5, 0.6) is 0 Å². The molecule has 6 heteroatoms. The second-order valence-corrected chi connectivity index (χ2v) is 10.5. The van der Waals surface area contributed by atoms with E-state index in [0.717, 1.165) is 52.4 Å². The highest BCUT2D eigenvalue weighted by molar-refractivity contribution is 6.10. The fourth-order valence-corrected chi connectivity index (χ4v) is 5.69. The Morgan fingerprint density at radius 3 is 2.49 bits per heavy atom. The molecule has 0 saturated heterocycles. The van der Waals surface area contributed by atoms with Crippen LogP contribution in [0.4, 0.5) is 5.82 Å². The predicted molar refractivity (Wildman–Crippen MR) is 141 cm³/mol. The topological polar surface area (TPSA) is 81.5 Å². The molecule has 0 radical (unpaired) electrons. The molecule has 1 fully saturated rings. The maximum atomic E-state index is 6.79. The molecule has 1 aliphatic carbocycles. The number of hydrogen-bond donors (Lipinski definition) is 1. The molecule has 1 aliphatic heterocycles. The Morgan fingerprint density at radius 2 is 1.77 bits per heavy atom. The van der Waals surface area contributed by atoms with Gasteiger partial charge in [0.15, 0.2) is 11.5 Å². The van der Waals surface area contributed by atoms with E-state index in [9.17, 15) is 0 Å². The first-order chi connectivity index (χ1) is 16.9. The summed E-state index contributed by atoms with van der Waals surface area (Å²) in [6, 6.07) is 14.8. The highest BCUT2D eigenvalue weighted by Crippen LogP contribution is 2.54. The van der Waals surface area contributed by atoms with Crippen LogP contribution >= 0.6 is 0 Å². The molecular formula is C29H30N6. The van der Waals surface area contributed by atoms with Gasteiger partial charge in [0.2, 0.25) is 0 Å². The average Bonchev–Trinajstić information content (AvgIpc) is 3.12. The molecule has 2 aliphatic rings. The number of nitrogens with zero attached hydrogens (tertiary/aromatic N) is 5. The summed E-state index contributed by atoms with van der Waals surface area (Å²) in [4.78, 5) is 14.0. The van der Waals surface area contributed by atoms with Gasteiger partial charge in [0.1, 0.15) is 0 Å². The largest absolute Gasteiger partial charge is 0.321 e. The van der Waals surface area contributed by atoms with E-state index in [1.165, 1.54) is 17.6 Å². The van der Waals surface area contributed by atoms with Crippen LogP contribution in [0, 0.1) is 12.3 Å². The number of aryl methyl sites for hydroxylation is 1. The van der Waals surface area contributed by atoms with Gasteiger partial charge in [-0.25, -0.2) is 9.98 Å². The third-order valence-electron chi connectivity index (χ3n) is 7.72. The lowest BCUT2D eigenvalue weighted by atomic mass is 9.55. The van der Waals surface area contributed by atoms with Gasteiger partial charge in [0.05, 0.1) is 11.4 Å². The van der Waals surface area contributed by atoms with Crippen molar-refractivity contribution in [2.45, 2.75) is 52.0 Å². The quantitative estimate of drug-likeness (QED) is 0.412. The van der Waals surface area contributed by atoms with Gasteiger partial charge < -0.3 is 5.73 Å². The van der Waals surface area contributed by atoms with E-state index in [2.05, 4.69) is 59.3 Å². The van der Waals surface area contributed by atoms with Gasteiger partial charge in [0, 0.05) is 42.2 Å². The molecule has 0 amide bonds. The molecule has 4 heterocycles. The minimum atomic E-state index is -0.228. The molecule has 6 rings (SSSR count). The van der Waals surface area contributed by atoms with Gasteiger partial charge in [0.25, 0.3) is 0 Å². The second-order valence-electron chi connectivity index (χ2n) is 10.5. The minimum Gasteiger partial charge on any atom is -0.321 e. The Kier molecular flexibility index (Phi) is 4.97. The van der Waals surface area contributed by atoms with Crippen molar-refractivity contribution in [1.29, 1.82) is 0 Å². The van der Waals surface area contributed by atoms with Crippen LogP contribution in [0.25, 0.3) is 17.3 Å². The van der Waals surface area contributed by atoms with Crippen LogP contribution in [-0.2, 0) is 5.54 Å². The number of nitrogens with two attached hydrogens (primary N) is 1. The van der Waals surface area contributed by atoms with Crippen LogP contribution in [0.15, 0.2) is 66.0 Å². The first kappa shape index (κ1) is 21.9. The lowest BCUT2D eigenvalue weighted by Crippen LogP contribution is -2.54. The van der Waals surface area contributed by atoms with Crippen LogP contribution in [-0.4, -0.2) is 25.3 Å². The molecule has 1 aromatic carbocycles. The van der Waals surface area contributed by atoms with E-state index in [1.807, 2.05) is 48.2 Å². The Hall–Kier alpha value is -3.64. The maximum absolute atomic E-state index is 6.79. The summed E-state index contributed by atoms with van der Waals surface area (Å²) in [5.74, 6) is 0.805. The van der Waals surface area contributed by atoms with Crippen LogP contribution < -0.4 is 5.73 Å². The van der Waals surface area contributed by atoms with Crippen LogP contribution in [0.1, 0.15) is 67.5 Å². The third kappa shape index (κ3) is 3.78. The van der Waals surface area contributed by atoms with E-state index in [0.29, 0.717) is 11.8 Å². The maximum Gasteiger partial charge on any atom is 0.164 e. The van der Waals surface area contributed by atoms with Gasteiger partial charge >= 0.3 is 0 Å². The number of pyridine rings is 1. The zero-order chi connectivity index (χ0) is 24.2. The smallest absolute Gasteiger partial charge is 0.164 e. The van der Waals surface area contributed by atoms with E-state index >= 15 is 0 Å². The molecule has 3 aromatic heterocycles. The molecule has 6 nitrogen and oxygen atoms in total. The number of allylic oxidation sites excluding steroid dienone is 1. The molecule has 1 saturated carbocycles. The lowest BCUT2D eigenvalue weighted by molar-refractivity contribution is 0.0391. The molecule has 0 bridgehead atoms. The van der Waals surface area contributed by atoms with Crippen molar-refractivity contribution in [2.24, 2.45) is 16.1 Å². The minimum absolute atomic E-state index is 0.228. The highest BCUT2D eigenvalue weighted by atomic mass is 15.3. The standard InChI is InChI=1S/C29H30N6/c1-4-28(3)17-29(30,18-28)24-7-5-21(6-8-24)25-15-22(20-9-11-31-12-10-20)14-23-16-32-26-13-19(2)34-35(26)27(23)33-25/h5-14,16H,4,15,17-18,30H2,1-3H3. The van der Waals surface area contributed by atoms with Crippen molar-refractivity contribution in [1.82, 2.24) is 19.6 Å². The molecule has 176 valence electrons. The summed E-state index contributed by atoms with van der Waals surface area (Å²) in [6.07, 6.45) is 11.6. The second kappa shape index (κ2) is 7.95. The first-order valence-corrected chi connectivity index (χ1v) is 12.3. The highest BCUT2D eigenvalue weighted by Gasteiger charge is 2.49. The summed E-state index contributed by atoms with van der Waals surface area (Å²) < 4.78 is 1.85. The first-order valence-electron chi connectivity index (χ1n) is 12.3. The predicted octanol–water partition coefficient (Wildman–Crippen LogP) is 5.86. The SMILES string of the molecule is CCC1(C)CC(N)(c2ccc(C3=Nc4c(cnc5cc(C)nn45)C=C(c4ccncc4)C3)cc2)C1. The van der Waals surface area contributed by atoms with Gasteiger partial charge in [-0.2, -0.15) is 9.61 Å². The Morgan fingerprint density at radius 1 is 1.03 bits per heavy atom. The van der Waals surface area contributed by atoms with Crippen molar-refractivity contribution in [3.8, 4) is 0 Å². The summed E-state index contributed by atoms with van der Waals surface area (Å²) in [6.45, 7) is 6.57. The Labute approximate surface area is 205 Å². The molecule has 0 atom stereocenters. The van der Waals surface area contributed by atoms with E-state index in [1.54, 1.807) is 0 Å². The molecule has 0 spiro atoms.